The highest BCUT2D eigenvalue weighted by atomic mass is 35.5. The van der Waals surface area contributed by atoms with Gasteiger partial charge in [-0.25, -0.2) is 9.59 Å². The van der Waals surface area contributed by atoms with Gasteiger partial charge in [-0.3, -0.25) is 4.57 Å². The van der Waals surface area contributed by atoms with Gasteiger partial charge >= 0.3 is 11.7 Å². The first-order valence-corrected chi connectivity index (χ1v) is 6.74. The van der Waals surface area contributed by atoms with Crippen LogP contribution in [0.4, 0.5) is 0 Å². The maximum atomic E-state index is 12.2. The van der Waals surface area contributed by atoms with Crippen LogP contribution in [-0.2, 0) is 4.74 Å². The van der Waals surface area contributed by atoms with E-state index >= 15 is 0 Å². The van der Waals surface area contributed by atoms with E-state index < -0.39 is 5.97 Å². The third kappa shape index (κ3) is 2.82. The molecule has 21 heavy (non-hydrogen) atoms. The first kappa shape index (κ1) is 15.6. The second-order valence-corrected chi connectivity index (χ2v) is 5.00. The van der Waals surface area contributed by atoms with Gasteiger partial charge < -0.3 is 15.0 Å². The normalized spacial score (nSPS) is 15.7. The van der Waals surface area contributed by atoms with Gasteiger partial charge in [0, 0.05) is 6.04 Å². The molecule has 6 nitrogen and oxygen atoms in total. The van der Waals surface area contributed by atoms with Gasteiger partial charge in [0.05, 0.1) is 23.7 Å². The summed E-state index contributed by atoms with van der Waals surface area (Å²) in [5, 5.41) is 3.29. The zero-order valence-electron chi connectivity index (χ0n) is 11.7. The summed E-state index contributed by atoms with van der Waals surface area (Å²) in [6.07, 6.45) is 1.87. The van der Waals surface area contributed by atoms with Crippen molar-refractivity contribution in [2.75, 3.05) is 20.2 Å². The van der Waals surface area contributed by atoms with Gasteiger partial charge in [0.2, 0.25) is 0 Å². The zero-order chi connectivity index (χ0) is 14.1. The number of nitrogens with one attached hydrogen (secondary N) is 2. The highest BCUT2D eigenvalue weighted by Crippen LogP contribution is 2.22. The minimum absolute atomic E-state index is 0. The highest BCUT2D eigenvalue weighted by molar-refractivity contribution is 5.93. The molecule has 2 aromatic rings. The van der Waals surface area contributed by atoms with E-state index in [0.29, 0.717) is 11.1 Å². The van der Waals surface area contributed by atoms with Crippen LogP contribution in [0.15, 0.2) is 23.0 Å². The standard InChI is InChI=1S/C14H17N3O3.ClH/c1-20-13(18)9-2-3-12-11(8-9)16-14(19)17(12)10-4-6-15-7-5-10;/h2-3,8,10,15H,4-7H2,1H3,(H,16,19);1H. The lowest BCUT2D eigenvalue weighted by atomic mass is 10.1. The number of rotatable bonds is 2. The van der Waals surface area contributed by atoms with E-state index in [0.717, 1.165) is 31.4 Å². The van der Waals surface area contributed by atoms with E-state index in [4.69, 9.17) is 4.74 Å². The van der Waals surface area contributed by atoms with E-state index in [1.165, 1.54) is 7.11 Å². The van der Waals surface area contributed by atoms with Crippen molar-refractivity contribution >= 4 is 29.4 Å². The number of carbonyl (C=O) groups is 1. The molecule has 0 aliphatic carbocycles. The summed E-state index contributed by atoms with van der Waals surface area (Å²) < 4.78 is 6.50. The van der Waals surface area contributed by atoms with Crippen LogP contribution in [0.5, 0.6) is 0 Å². The van der Waals surface area contributed by atoms with Gasteiger partial charge in [0.25, 0.3) is 0 Å². The topological polar surface area (TPSA) is 76.1 Å². The van der Waals surface area contributed by atoms with Crippen molar-refractivity contribution in [3.63, 3.8) is 0 Å². The summed E-state index contributed by atoms with van der Waals surface area (Å²) in [6.45, 7) is 1.84. The van der Waals surface area contributed by atoms with Gasteiger partial charge in [-0.05, 0) is 44.1 Å². The lowest BCUT2D eigenvalue weighted by Gasteiger charge is -2.23. The number of methoxy groups -OCH3 is 1. The second-order valence-electron chi connectivity index (χ2n) is 5.00. The van der Waals surface area contributed by atoms with Crippen LogP contribution in [-0.4, -0.2) is 35.7 Å². The molecular weight excluding hydrogens is 294 g/mol. The van der Waals surface area contributed by atoms with Crippen molar-refractivity contribution in [1.82, 2.24) is 14.9 Å². The van der Waals surface area contributed by atoms with E-state index in [1.54, 1.807) is 16.7 Å². The van der Waals surface area contributed by atoms with Gasteiger partial charge in [0.1, 0.15) is 0 Å². The number of fused-ring (bicyclic) bond motifs is 1. The Morgan fingerprint density at radius 2 is 2.05 bits per heavy atom. The van der Waals surface area contributed by atoms with Crippen LogP contribution in [0.25, 0.3) is 11.0 Å². The number of carbonyl (C=O) groups excluding carboxylic acids is 1. The van der Waals surface area contributed by atoms with Crippen molar-refractivity contribution < 1.29 is 9.53 Å². The van der Waals surface area contributed by atoms with Gasteiger partial charge in [-0.1, -0.05) is 0 Å². The number of imidazole rings is 1. The van der Waals surface area contributed by atoms with E-state index in [-0.39, 0.29) is 24.1 Å². The van der Waals surface area contributed by atoms with E-state index in [9.17, 15) is 9.59 Å². The van der Waals surface area contributed by atoms with Crippen LogP contribution >= 0.6 is 12.4 Å². The van der Waals surface area contributed by atoms with E-state index in [2.05, 4.69) is 10.3 Å². The summed E-state index contributed by atoms with van der Waals surface area (Å²) in [5.41, 5.74) is 1.85. The molecule has 1 aliphatic rings. The van der Waals surface area contributed by atoms with Gasteiger partial charge in [-0.2, -0.15) is 0 Å². The fourth-order valence-corrected chi connectivity index (χ4v) is 2.80. The Balaban J connectivity index is 0.00000161. The van der Waals surface area contributed by atoms with Crippen LogP contribution in [0.2, 0.25) is 0 Å². The lowest BCUT2D eigenvalue weighted by Crippen LogP contribution is -2.33. The SMILES string of the molecule is COC(=O)c1ccc2c(c1)[nH]c(=O)n2C1CCNCC1.Cl. The molecule has 0 bridgehead atoms. The molecule has 0 spiro atoms. The Morgan fingerprint density at radius 3 is 2.71 bits per heavy atom. The number of nitrogens with zero attached hydrogens (tertiary/aromatic N) is 1. The van der Waals surface area contributed by atoms with Gasteiger partial charge in [-0.15, -0.1) is 12.4 Å². The number of halogens is 1. The van der Waals surface area contributed by atoms with Crippen LogP contribution in [0, 0.1) is 0 Å². The molecule has 0 amide bonds. The second kappa shape index (κ2) is 6.32. The molecule has 0 atom stereocenters. The monoisotopic (exact) mass is 311 g/mol. The number of benzene rings is 1. The first-order valence-electron chi connectivity index (χ1n) is 6.74. The minimum Gasteiger partial charge on any atom is -0.465 e. The molecule has 1 aromatic heterocycles. The number of aromatic amines is 1. The Bertz CT molecular complexity index is 701. The molecule has 0 unspecified atom stereocenters. The number of esters is 1. The summed E-state index contributed by atoms with van der Waals surface area (Å²) in [6, 6.07) is 5.38. The quantitative estimate of drug-likeness (QED) is 0.823. The maximum Gasteiger partial charge on any atom is 0.337 e. The van der Waals surface area contributed by atoms with E-state index in [1.807, 2.05) is 6.07 Å². The molecule has 1 aromatic carbocycles. The van der Waals surface area contributed by atoms with Crippen molar-refractivity contribution in [2.24, 2.45) is 0 Å². The Hall–Kier alpha value is -1.79. The van der Waals surface area contributed by atoms with Crippen molar-refractivity contribution in [1.29, 1.82) is 0 Å². The number of hydrogen-bond donors (Lipinski definition) is 2. The third-order valence-electron chi connectivity index (χ3n) is 3.81. The molecule has 3 rings (SSSR count). The average molecular weight is 312 g/mol. The van der Waals surface area contributed by atoms with Crippen LogP contribution in [0.3, 0.4) is 0 Å². The molecule has 114 valence electrons. The predicted molar refractivity (Wildman–Crippen MR) is 82.3 cm³/mol. The Kier molecular flexibility index (Phi) is 4.69. The largest absolute Gasteiger partial charge is 0.465 e. The fraction of sp³-hybridized carbons (Fsp3) is 0.429. The highest BCUT2D eigenvalue weighted by Gasteiger charge is 2.20. The van der Waals surface area contributed by atoms with Crippen LogP contribution < -0.4 is 11.0 Å². The average Bonchev–Trinajstić information content (AvgIpc) is 2.82. The number of H-pyrrole nitrogens is 1. The summed E-state index contributed by atoms with van der Waals surface area (Å²) >= 11 is 0. The van der Waals surface area contributed by atoms with Crippen molar-refractivity contribution in [3.05, 3.63) is 34.2 Å². The van der Waals surface area contributed by atoms with Gasteiger partial charge in [0.15, 0.2) is 0 Å². The number of aromatic nitrogens is 2. The summed E-state index contributed by atoms with van der Waals surface area (Å²) in [7, 11) is 1.34. The number of piperidine rings is 1. The molecule has 0 radical (unpaired) electrons. The molecule has 1 fully saturated rings. The molecule has 2 heterocycles. The maximum absolute atomic E-state index is 12.2. The molecule has 0 saturated carbocycles. The lowest BCUT2D eigenvalue weighted by molar-refractivity contribution is 0.0601. The minimum atomic E-state index is -0.401. The number of ether oxygens (including phenoxy) is 1. The van der Waals surface area contributed by atoms with Crippen molar-refractivity contribution in [2.45, 2.75) is 18.9 Å². The zero-order valence-corrected chi connectivity index (χ0v) is 12.5. The molecular formula is C14H18ClN3O3. The third-order valence-corrected chi connectivity index (χ3v) is 3.81. The molecule has 1 aliphatic heterocycles. The fourth-order valence-electron chi connectivity index (χ4n) is 2.80. The number of hydrogen-bond acceptors (Lipinski definition) is 4. The summed E-state index contributed by atoms with van der Waals surface area (Å²) in [4.78, 5) is 26.5. The first-order chi connectivity index (χ1) is 9.70. The summed E-state index contributed by atoms with van der Waals surface area (Å²) in [5.74, 6) is -0.401. The smallest absolute Gasteiger partial charge is 0.337 e. The molecule has 7 heteroatoms. The predicted octanol–water partition coefficient (Wildman–Crippen LogP) is 1.46. The molecule has 1 saturated heterocycles. The van der Waals surface area contributed by atoms with Crippen LogP contribution in [0.1, 0.15) is 29.2 Å². The Labute approximate surface area is 127 Å². The molecule has 2 N–H and O–H groups in total. The Morgan fingerprint density at radius 1 is 1.33 bits per heavy atom. The van der Waals surface area contributed by atoms with Crippen molar-refractivity contribution in [3.8, 4) is 0 Å².